The molecular weight excluding hydrogens is 286 g/mol. The molecule has 0 aliphatic carbocycles. The van der Waals surface area contributed by atoms with Crippen LogP contribution in [-0.4, -0.2) is 37.1 Å². The summed E-state index contributed by atoms with van der Waals surface area (Å²) in [6, 6.07) is 4.46. The summed E-state index contributed by atoms with van der Waals surface area (Å²) in [6.07, 6.45) is 1.83. The van der Waals surface area contributed by atoms with Gasteiger partial charge in [0, 0.05) is 31.3 Å². The van der Waals surface area contributed by atoms with Crippen molar-refractivity contribution < 1.29 is 14.5 Å². The van der Waals surface area contributed by atoms with E-state index < -0.39 is 4.92 Å². The first-order chi connectivity index (χ1) is 10.5. The molecule has 0 aliphatic rings. The van der Waals surface area contributed by atoms with Crippen molar-refractivity contribution in [2.24, 2.45) is 0 Å². The minimum Gasteiger partial charge on any atom is -0.383 e. The first-order valence-corrected chi connectivity index (χ1v) is 7.31. The third kappa shape index (κ3) is 5.33. The van der Waals surface area contributed by atoms with Crippen LogP contribution in [0.5, 0.6) is 0 Å². The molecule has 0 fully saturated rings. The monoisotopic (exact) mass is 309 g/mol. The quantitative estimate of drug-likeness (QED) is 0.415. The van der Waals surface area contributed by atoms with Crippen molar-refractivity contribution in [2.75, 3.05) is 25.6 Å². The maximum Gasteiger partial charge on any atom is 0.293 e. The maximum absolute atomic E-state index is 12.1. The maximum atomic E-state index is 12.1. The third-order valence-corrected chi connectivity index (χ3v) is 3.18. The number of methoxy groups -OCH3 is 1. The minimum absolute atomic E-state index is 0.0380. The number of hydrogen-bond donors (Lipinski definition) is 2. The number of ether oxygens (including phenoxy) is 1. The molecule has 1 atom stereocenters. The van der Waals surface area contributed by atoms with Gasteiger partial charge in [0.15, 0.2) is 0 Å². The molecule has 7 nitrogen and oxygen atoms in total. The molecule has 7 heteroatoms. The summed E-state index contributed by atoms with van der Waals surface area (Å²) < 4.78 is 4.90. The van der Waals surface area contributed by atoms with Crippen molar-refractivity contribution in [1.29, 1.82) is 0 Å². The first-order valence-electron chi connectivity index (χ1n) is 7.31. The van der Waals surface area contributed by atoms with Crippen LogP contribution in [0, 0.1) is 10.1 Å². The highest BCUT2D eigenvalue weighted by molar-refractivity contribution is 5.95. The number of carbonyl (C=O) groups excluding carboxylic acids is 1. The number of nitrogens with zero attached hydrogens (tertiary/aromatic N) is 1. The highest BCUT2D eigenvalue weighted by Gasteiger charge is 2.18. The standard InChI is InChI=1S/C15H23N3O4/c1-4-5-11(2)17-15(19)12-6-7-13(16-8-9-22-3)14(10-12)18(20)21/h6-7,10-11,16H,4-5,8-9H2,1-3H3,(H,17,19). The van der Waals surface area contributed by atoms with Crippen molar-refractivity contribution in [2.45, 2.75) is 32.7 Å². The third-order valence-electron chi connectivity index (χ3n) is 3.18. The average Bonchev–Trinajstić information content (AvgIpc) is 2.47. The molecule has 0 saturated heterocycles. The van der Waals surface area contributed by atoms with E-state index in [1.54, 1.807) is 19.2 Å². The van der Waals surface area contributed by atoms with Crippen molar-refractivity contribution in [3.63, 3.8) is 0 Å². The fraction of sp³-hybridized carbons (Fsp3) is 0.533. The normalized spacial score (nSPS) is 11.8. The Hall–Kier alpha value is -2.15. The van der Waals surface area contributed by atoms with Crippen LogP contribution in [-0.2, 0) is 4.74 Å². The van der Waals surface area contributed by atoms with E-state index in [0.717, 1.165) is 12.8 Å². The summed E-state index contributed by atoms with van der Waals surface area (Å²) in [5.41, 5.74) is 0.541. The zero-order valence-electron chi connectivity index (χ0n) is 13.2. The van der Waals surface area contributed by atoms with Crippen LogP contribution in [0.25, 0.3) is 0 Å². The Balaban J connectivity index is 2.87. The van der Waals surface area contributed by atoms with E-state index in [1.165, 1.54) is 6.07 Å². The number of rotatable bonds is 9. The lowest BCUT2D eigenvalue weighted by Crippen LogP contribution is -2.32. The summed E-state index contributed by atoms with van der Waals surface area (Å²) in [4.78, 5) is 22.8. The fourth-order valence-electron chi connectivity index (χ4n) is 2.07. The summed E-state index contributed by atoms with van der Waals surface area (Å²) in [5.74, 6) is -0.299. The first kappa shape index (κ1) is 17.9. The number of nitro benzene ring substituents is 1. The van der Waals surface area contributed by atoms with Gasteiger partial charge in [-0.3, -0.25) is 14.9 Å². The lowest BCUT2D eigenvalue weighted by molar-refractivity contribution is -0.384. The summed E-state index contributed by atoms with van der Waals surface area (Å²) in [6.45, 7) is 4.84. The molecular formula is C15H23N3O4. The number of nitro groups is 1. The molecule has 1 unspecified atom stereocenters. The molecule has 1 aromatic carbocycles. The number of nitrogens with one attached hydrogen (secondary N) is 2. The molecule has 1 rings (SSSR count). The van der Waals surface area contributed by atoms with Gasteiger partial charge in [0.1, 0.15) is 5.69 Å². The Morgan fingerprint density at radius 2 is 2.18 bits per heavy atom. The van der Waals surface area contributed by atoms with Crippen LogP contribution in [0.1, 0.15) is 37.0 Å². The van der Waals surface area contributed by atoms with Gasteiger partial charge in [-0.05, 0) is 25.5 Å². The van der Waals surface area contributed by atoms with Gasteiger partial charge < -0.3 is 15.4 Å². The van der Waals surface area contributed by atoms with Gasteiger partial charge in [0.25, 0.3) is 11.6 Å². The molecule has 1 aromatic rings. The van der Waals surface area contributed by atoms with Crippen LogP contribution < -0.4 is 10.6 Å². The molecule has 0 aliphatic heterocycles. The topological polar surface area (TPSA) is 93.5 Å². The van der Waals surface area contributed by atoms with E-state index in [2.05, 4.69) is 10.6 Å². The SMILES string of the molecule is CCCC(C)NC(=O)c1ccc(NCCOC)c([N+](=O)[O-])c1. The van der Waals surface area contributed by atoms with Crippen molar-refractivity contribution in [1.82, 2.24) is 5.32 Å². The highest BCUT2D eigenvalue weighted by Crippen LogP contribution is 2.25. The van der Waals surface area contributed by atoms with Crippen molar-refractivity contribution >= 4 is 17.3 Å². The Morgan fingerprint density at radius 1 is 1.45 bits per heavy atom. The highest BCUT2D eigenvalue weighted by atomic mass is 16.6. The van der Waals surface area contributed by atoms with Gasteiger partial charge in [-0.2, -0.15) is 0 Å². The summed E-state index contributed by atoms with van der Waals surface area (Å²) in [5, 5.41) is 16.9. The van der Waals surface area contributed by atoms with Crippen LogP contribution in [0.15, 0.2) is 18.2 Å². The van der Waals surface area contributed by atoms with Gasteiger partial charge in [-0.1, -0.05) is 13.3 Å². The summed E-state index contributed by atoms with van der Waals surface area (Å²) in [7, 11) is 1.56. The number of hydrogen-bond acceptors (Lipinski definition) is 5. The number of amides is 1. The van der Waals surface area contributed by atoms with Gasteiger partial charge >= 0.3 is 0 Å². The Bertz CT molecular complexity index is 520. The smallest absolute Gasteiger partial charge is 0.293 e. The Kier molecular flexibility index (Phi) is 7.31. The van der Waals surface area contributed by atoms with Gasteiger partial charge in [0.05, 0.1) is 11.5 Å². The van der Waals surface area contributed by atoms with Gasteiger partial charge in [-0.25, -0.2) is 0 Å². The van der Waals surface area contributed by atoms with E-state index in [0.29, 0.717) is 18.8 Å². The molecule has 0 bridgehead atoms. The molecule has 122 valence electrons. The van der Waals surface area contributed by atoms with Crippen LogP contribution in [0.4, 0.5) is 11.4 Å². The van der Waals surface area contributed by atoms with Gasteiger partial charge in [-0.15, -0.1) is 0 Å². The van der Waals surface area contributed by atoms with Crippen LogP contribution >= 0.6 is 0 Å². The second kappa shape index (κ2) is 8.99. The molecule has 0 spiro atoms. The average molecular weight is 309 g/mol. The molecule has 22 heavy (non-hydrogen) atoms. The van der Waals surface area contributed by atoms with E-state index in [1.807, 2.05) is 13.8 Å². The number of carbonyl (C=O) groups is 1. The molecule has 1 amide bonds. The Morgan fingerprint density at radius 3 is 2.77 bits per heavy atom. The van der Waals surface area contributed by atoms with Crippen molar-refractivity contribution in [3.05, 3.63) is 33.9 Å². The lowest BCUT2D eigenvalue weighted by Gasteiger charge is -2.13. The predicted octanol–water partition coefficient (Wildman–Crippen LogP) is 2.57. The molecule has 0 heterocycles. The number of anilines is 1. The zero-order chi connectivity index (χ0) is 16.5. The molecule has 0 radical (unpaired) electrons. The second-order valence-corrected chi connectivity index (χ2v) is 5.07. The molecule has 2 N–H and O–H groups in total. The van der Waals surface area contributed by atoms with Crippen LogP contribution in [0.2, 0.25) is 0 Å². The lowest BCUT2D eigenvalue weighted by atomic mass is 10.1. The largest absolute Gasteiger partial charge is 0.383 e. The zero-order valence-corrected chi connectivity index (χ0v) is 13.2. The van der Waals surface area contributed by atoms with Gasteiger partial charge in [0.2, 0.25) is 0 Å². The van der Waals surface area contributed by atoms with E-state index in [4.69, 9.17) is 4.74 Å². The minimum atomic E-state index is -0.499. The van der Waals surface area contributed by atoms with Crippen molar-refractivity contribution in [3.8, 4) is 0 Å². The van der Waals surface area contributed by atoms with E-state index in [9.17, 15) is 14.9 Å². The molecule has 0 saturated carbocycles. The second-order valence-electron chi connectivity index (χ2n) is 5.07. The molecule has 0 aromatic heterocycles. The Labute approximate surface area is 130 Å². The fourth-order valence-corrected chi connectivity index (χ4v) is 2.07. The van der Waals surface area contributed by atoms with E-state index in [-0.39, 0.29) is 23.2 Å². The van der Waals surface area contributed by atoms with Crippen LogP contribution in [0.3, 0.4) is 0 Å². The van der Waals surface area contributed by atoms with E-state index >= 15 is 0 Å². The predicted molar refractivity (Wildman–Crippen MR) is 85.3 cm³/mol. The number of benzene rings is 1. The summed E-state index contributed by atoms with van der Waals surface area (Å²) >= 11 is 0.